The second-order valence-corrected chi connectivity index (χ2v) is 6.95. The van der Waals surface area contributed by atoms with E-state index in [0.29, 0.717) is 12.5 Å². The molecule has 0 aromatic heterocycles. The fourth-order valence-electron chi connectivity index (χ4n) is 3.64. The maximum atomic E-state index is 6.00. The largest absolute Gasteiger partial charge is 0.373 e. The van der Waals surface area contributed by atoms with Crippen molar-refractivity contribution in [2.45, 2.75) is 39.3 Å². The summed E-state index contributed by atoms with van der Waals surface area (Å²) >= 11 is 0. The van der Waals surface area contributed by atoms with Gasteiger partial charge >= 0.3 is 0 Å². The van der Waals surface area contributed by atoms with Gasteiger partial charge in [0.2, 0.25) is 0 Å². The number of aryl methyl sites for hydroxylation is 1. The summed E-state index contributed by atoms with van der Waals surface area (Å²) in [5.41, 5.74) is 3.93. The molecule has 1 fully saturated rings. The minimum Gasteiger partial charge on any atom is -0.373 e. The minimum absolute atomic E-state index is 0. The SMILES string of the molecule is CCNC(=NCc1ccccc1CC)NCC1CCOC1c1ccccc1.I. The topological polar surface area (TPSA) is 45.7 Å². The monoisotopic (exact) mass is 493 g/mol. The van der Waals surface area contributed by atoms with Gasteiger partial charge in [-0.05, 0) is 36.5 Å². The van der Waals surface area contributed by atoms with Gasteiger partial charge in [0.15, 0.2) is 5.96 Å². The van der Waals surface area contributed by atoms with Gasteiger partial charge in [0.25, 0.3) is 0 Å². The molecule has 0 spiro atoms. The second kappa shape index (κ2) is 12.1. The van der Waals surface area contributed by atoms with Gasteiger partial charge in [-0.2, -0.15) is 0 Å². The van der Waals surface area contributed by atoms with Crippen LogP contribution in [0.25, 0.3) is 0 Å². The molecule has 1 aliphatic heterocycles. The molecule has 2 unspecified atom stereocenters. The summed E-state index contributed by atoms with van der Waals surface area (Å²) in [4.78, 5) is 4.80. The summed E-state index contributed by atoms with van der Waals surface area (Å²) in [6.45, 7) is 7.52. The average molecular weight is 493 g/mol. The van der Waals surface area contributed by atoms with Crippen molar-refractivity contribution < 1.29 is 4.74 Å². The van der Waals surface area contributed by atoms with Gasteiger partial charge in [-0.3, -0.25) is 0 Å². The maximum Gasteiger partial charge on any atom is 0.191 e. The van der Waals surface area contributed by atoms with E-state index in [0.717, 1.165) is 38.5 Å². The second-order valence-electron chi connectivity index (χ2n) is 6.95. The van der Waals surface area contributed by atoms with Gasteiger partial charge in [0.1, 0.15) is 0 Å². The first-order valence-corrected chi connectivity index (χ1v) is 10.1. The van der Waals surface area contributed by atoms with Crippen LogP contribution in [-0.2, 0) is 17.7 Å². The Balaban J connectivity index is 0.00000280. The first-order chi connectivity index (χ1) is 13.3. The lowest BCUT2D eigenvalue weighted by molar-refractivity contribution is 0.0915. The Kier molecular flexibility index (Phi) is 9.78. The number of nitrogens with zero attached hydrogens (tertiary/aromatic N) is 1. The Morgan fingerprint density at radius 1 is 1.00 bits per heavy atom. The number of rotatable bonds is 7. The Morgan fingerprint density at radius 2 is 1.71 bits per heavy atom. The molecule has 3 rings (SSSR count). The number of hydrogen-bond acceptors (Lipinski definition) is 2. The molecule has 4 nitrogen and oxygen atoms in total. The molecule has 152 valence electrons. The zero-order chi connectivity index (χ0) is 18.9. The fraction of sp³-hybridized carbons (Fsp3) is 0.435. The van der Waals surface area contributed by atoms with E-state index in [1.165, 1.54) is 16.7 Å². The first-order valence-electron chi connectivity index (χ1n) is 10.1. The molecule has 2 atom stereocenters. The van der Waals surface area contributed by atoms with Crippen LogP contribution in [0, 0.1) is 5.92 Å². The molecule has 1 saturated heterocycles. The number of nitrogens with one attached hydrogen (secondary N) is 2. The third-order valence-electron chi connectivity index (χ3n) is 5.13. The predicted octanol–water partition coefficient (Wildman–Crippen LogP) is 4.70. The number of aliphatic imine (C=N–C) groups is 1. The Labute approximate surface area is 186 Å². The molecule has 0 amide bonds. The van der Waals surface area contributed by atoms with Crippen LogP contribution in [0.5, 0.6) is 0 Å². The molecule has 2 aromatic carbocycles. The van der Waals surface area contributed by atoms with Crippen molar-refractivity contribution in [3.8, 4) is 0 Å². The van der Waals surface area contributed by atoms with Crippen LogP contribution in [0.1, 0.15) is 43.1 Å². The summed E-state index contributed by atoms with van der Waals surface area (Å²) < 4.78 is 6.00. The number of ether oxygens (including phenoxy) is 1. The molecule has 0 bridgehead atoms. The number of benzene rings is 2. The summed E-state index contributed by atoms with van der Waals surface area (Å²) in [5.74, 6) is 1.33. The summed E-state index contributed by atoms with van der Waals surface area (Å²) in [5, 5.41) is 6.90. The van der Waals surface area contributed by atoms with Crippen molar-refractivity contribution in [1.82, 2.24) is 10.6 Å². The Hall–Kier alpha value is -1.60. The highest BCUT2D eigenvalue weighted by Gasteiger charge is 2.29. The molecule has 0 aliphatic carbocycles. The van der Waals surface area contributed by atoms with E-state index in [1.807, 2.05) is 0 Å². The molecule has 5 heteroatoms. The van der Waals surface area contributed by atoms with Crippen molar-refractivity contribution in [1.29, 1.82) is 0 Å². The molecular formula is C23H32IN3O. The van der Waals surface area contributed by atoms with Gasteiger partial charge in [-0.1, -0.05) is 61.5 Å². The molecule has 0 radical (unpaired) electrons. The van der Waals surface area contributed by atoms with Crippen LogP contribution >= 0.6 is 24.0 Å². The van der Waals surface area contributed by atoms with Gasteiger partial charge in [-0.25, -0.2) is 4.99 Å². The van der Waals surface area contributed by atoms with E-state index in [2.05, 4.69) is 79.1 Å². The van der Waals surface area contributed by atoms with Crippen LogP contribution in [0.3, 0.4) is 0 Å². The summed E-state index contributed by atoms with van der Waals surface area (Å²) in [6.07, 6.45) is 2.28. The van der Waals surface area contributed by atoms with Gasteiger partial charge < -0.3 is 15.4 Å². The molecule has 2 aromatic rings. The fourth-order valence-corrected chi connectivity index (χ4v) is 3.64. The first kappa shape index (κ1) is 22.7. The molecule has 28 heavy (non-hydrogen) atoms. The molecule has 1 aliphatic rings. The highest BCUT2D eigenvalue weighted by molar-refractivity contribution is 14.0. The van der Waals surface area contributed by atoms with Crippen molar-refractivity contribution in [2.24, 2.45) is 10.9 Å². The van der Waals surface area contributed by atoms with E-state index in [-0.39, 0.29) is 30.1 Å². The average Bonchev–Trinajstić information content (AvgIpc) is 3.19. The molecular weight excluding hydrogens is 461 g/mol. The quantitative estimate of drug-likeness (QED) is 0.334. The smallest absolute Gasteiger partial charge is 0.191 e. The number of guanidine groups is 1. The van der Waals surface area contributed by atoms with Crippen LogP contribution in [-0.4, -0.2) is 25.7 Å². The van der Waals surface area contributed by atoms with Crippen molar-refractivity contribution >= 4 is 29.9 Å². The highest BCUT2D eigenvalue weighted by Crippen LogP contribution is 2.33. The normalized spacial score (nSPS) is 19.1. The van der Waals surface area contributed by atoms with Crippen molar-refractivity contribution in [3.05, 3.63) is 71.3 Å². The summed E-state index contributed by atoms with van der Waals surface area (Å²) in [7, 11) is 0. The van der Waals surface area contributed by atoms with E-state index in [1.54, 1.807) is 0 Å². The van der Waals surface area contributed by atoms with Crippen molar-refractivity contribution in [2.75, 3.05) is 19.7 Å². The van der Waals surface area contributed by atoms with E-state index in [9.17, 15) is 0 Å². The zero-order valence-electron chi connectivity index (χ0n) is 16.9. The van der Waals surface area contributed by atoms with Crippen LogP contribution in [0.4, 0.5) is 0 Å². The summed E-state index contributed by atoms with van der Waals surface area (Å²) in [6, 6.07) is 19.1. The van der Waals surface area contributed by atoms with Crippen LogP contribution < -0.4 is 10.6 Å². The van der Waals surface area contributed by atoms with Gasteiger partial charge in [0, 0.05) is 25.6 Å². The molecule has 0 saturated carbocycles. The maximum absolute atomic E-state index is 6.00. The van der Waals surface area contributed by atoms with E-state index >= 15 is 0 Å². The van der Waals surface area contributed by atoms with Gasteiger partial charge in [-0.15, -0.1) is 24.0 Å². The van der Waals surface area contributed by atoms with Gasteiger partial charge in [0.05, 0.1) is 12.6 Å². The van der Waals surface area contributed by atoms with Crippen LogP contribution in [0.2, 0.25) is 0 Å². The van der Waals surface area contributed by atoms with E-state index in [4.69, 9.17) is 9.73 Å². The van der Waals surface area contributed by atoms with E-state index < -0.39 is 0 Å². The number of hydrogen-bond donors (Lipinski definition) is 2. The Bertz CT molecular complexity index is 736. The third kappa shape index (κ3) is 6.21. The predicted molar refractivity (Wildman–Crippen MR) is 127 cm³/mol. The van der Waals surface area contributed by atoms with Crippen LogP contribution in [0.15, 0.2) is 59.6 Å². The lowest BCUT2D eigenvalue weighted by atomic mass is 9.95. The third-order valence-corrected chi connectivity index (χ3v) is 5.13. The standard InChI is InChI=1S/C23H31N3O.HI/c1-3-18-10-8-9-13-20(18)16-25-23(24-4-2)26-17-21-14-15-27-22(21)19-11-6-5-7-12-19;/h5-13,21-22H,3-4,14-17H2,1-2H3,(H2,24,25,26);1H. The number of halogens is 1. The lowest BCUT2D eigenvalue weighted by Crippen LogP contribution is -2.40. The highest BCUT2D eigenvalue weighted by atomic mass is 127. The zero-order valence-corrected chi connectivity index (χ0v) is 19.2. The Morgan fingerprint density at radius 3 is 2.43 bits per heavy atom. The minimum atomic E-state index is 0. The molecule has 1 heterocycles. The lowest BCUT2D eigenvalue weighted by Gasteiger charge is -2.21. The molecule has 2 N–H and O–H groups in total. The van der Waals surface area contributed by atoms with Crippen molar-refractivity contribution in [3.63, 3.8) is 0 Å².